The van der Waals surface area contributed by atoms with E-state index in [1.54, 1.807) is 28.3 Å². The molecule has 0 spiro atoms. The van der Waals surface area contributed by atoms with Gasteiger partial charge in [-0.25, -0.2) is 4.79 Å². The highest BCUT2D eigenvalue weighted by molar-refractivity contribution is 5.92. The van der Waals surface area contributed by atoms with E-state index in [1.807, 2.05) is 19.9 Å². The molecule has 0 unspecified atom stereocenters. The maximum atomic E-state index is 12.6. The maximum absolute atomic E-state index is 12.6. The van der Waals surface area contributed by atoms with Gasteiger partial charge in [-0.1, -0.05) is 6.92 Å². The molecule has 0 aromatic carbocycles. The Morgan fingerprint density at radius 3 is 2.68 bits per heavy atom. The van der Waals surface area contributed by atoms with Crippen molar-refractivity contribution in [2.75, 3.05) is 24.6 Å². The van der Waals surface area contributed by atoms with Gasteiger partial charge in [0.15, 0.2) is 0 Å². The normalized spacial score (nSPS) is 10.6. The molecule has 0 aliphatic carbocycles. The first kappa shape index (κ1) is 15.4. The van der Waals surface area contributed by atoms with Gasteiger partial charge in [0.25, 0.3) is 0 Å². The third kappa shape index (κ3) is 4.21. The maximum Gasteiger partial charge on any atom is 0.324 e. The van der Waals surface area contributed by atoms with Crippen LogP contribution in [0.25, 0.3) is 0 Å². The van der Waals surface area contributed by atoms with Crippen LogP contribution in [0.2, 0.25) is 0 Å². The van der Waals surface area contributed by atoms with E-state index in [9.17, 15) is 4.79 Å². The fourth-order valence-electron chi connectivity index (χ4n) is 1.84. The molecule has 1 rings (SSSR count). The van der Waals surface area contributed by atoms with E-state index in [2.05, 4.69) is 11.9 Å². The van der Waals surface area contributed by atoms with Crippen LogP contribution in [0.4, 0.5) is 10.5 Å². The number of hydrogen-bond acceptors (Lipinski definition) is 3. The molecule has 0 fully saturated rings. The number of aliphatic hydroxyl groups is 1. The van der Waals surface area contributed by atoms with E-state index in [0.717, 1.165) is 5.69 Å². The van der Waals surface area contributed by atoms with Gasteiger partial charge >= 0.3 is 6.03 Å². The summed E-state index contributed by atoms with van der Waals surface area (Å²) in [7, 11) is 0. The highest BCUT2D eigenvalue weighted by atomic mass is 16.3. The predicted molar refractivity (Wildman–Crippen MR) is 75.9 cm³/mol. The largest absolute Gasteiger partial charge is 0.395 e. The summed E-state index contributed by atoms with van der Waals surface area (Å²) in [6.45, 7) is 8.47. The van der Waals surface area contributed by atoms with Crippen molar-refractivity contribution in [1.29, 1.82) is 0 Å². The minimum atomic E-state index is -0.124. The fourth-order valence-corrected chi connectivity index (χ4v) is 1.84. The standard InChI is InChI=1S/C14H22N3O2/c1-4-8-17(13-6-5-7-15-11-13)14(19)16(9-10-18)12(2)3/h5-7,11-12,18H,1,4,8-10H2,2-3H3. The lowest BCUT2D eigenvalue weighted by molar-refractivity contribution is 0.166. The quantitative estimate of drug-likeness (QED) is 0.854. The SMILES string of the molecule is [CH2]CCN(C(=O)N(CCO)C(C)C)c1cccnc1. The number of pyridine rings is 1. The van der Waals surface area contributed by atoms with Crippen molar-refractivity contribution in [3.63, 3.8) is 0 Å². The second-order valence-corrected chi connectivity index (χ2v) is 4.51. The lowest BCUT2D eigenvalue weighted by atomic mass is 10.3. The second-order valence-electron chi connectivity index (χ2n) is 4.51. The molecular formula is C14H22N3O2. The van der Waals surface area contributed by atoms with Gasteiger partial charge in [0.05, 0.1) is 18.5 Å². The smallest absolute Gasteiger partial charge is 0.324 e. The molecule has 1 aromatic heterocycles. The molecule has 1 aromatic rings. The molecule has 0 bridgehead atoms. The number of hydrogen-bond donors (Lipinski definition) is 1. The fraction of sp³-hybridized carbons (Fsp3) is 0.500. The lowest BCUT2D eigenvalue weighted by Crippen LogP contribution is -2.48. The van der Waals surface area contributed by atoms with Crippen LogP contribution >= 0.6 is 0 Å². The molecule has 5 heteroatoms. The molecule has 105 valence electrons. The number of anilines is 1. The predicted octanol–water partition coefficient (Wildman–Crippen LogP) is 1.93. The summed E-state index contributed by atoms with van der Waals surface area (Å²) >= 11 is 0. The highest BCUT2D eigenvalue weighted by Crippen LogP contribution is 2.16. The summed E-state index contributed by atoms with van der Waals surface area (Å²) in [6.07, 6.45) is 3.95. The lowest BCUT2D eigenvalue weighted by Gasteiger charge is -2.32. The summed E-state index contributed by atoms with van der Waals surface area (Å²) in [5.41, 5.74) is 0.750. The average molecular weight is 264 g/mol. The van der Waals surface area contributed by atoms with Gasteiger partial charge in [0.2, 0.25) is 0 Å². The number of amides is 2. The molecule has 0 atom stereocenters. The number of aliphatic hydroxyl groups excluding tert-OH is 1. The summed E-state index contributed by atoms with van der Waals surface area (Å²) in [5.74, 6) is 0. The topological polar surface area (TPSA) is 56.7 Å². The molecule has 1 heterocycles. The van der Waals surface area contributed by atoms with E-state index in [0.29, 0.717) is 19.5 Å². The summed E-state index contributed by atoms with van der Waals surface area (Å²) < 4.78 is 0. The van der Waals surface area contributed by atoms with Gasteiger partial charge < -0.3 is 10.0 Å². The van der Waals surface area contributed by atoms with Crippen molar-refractivity contribution in [1.82, 2.24) is 9.88 Å². The number of nitrogens with zero attached hydrogens (tertiary/aromatic N) is 3. The number of rotatable bonds is 6. The third-order valence-corrected chi connectivity index (χ3v) is 2.78. The van der Waals surface area contributed by atoms with E-state index in [4.69, 9.17) is 5.11 Å². The van der Waals surface area contributed by atoms with Crippen LogP contribution in [-0.2, 0) is 0 Å². The molecule has 2 amide bonds. The van der Waals surface area contributed by atoms with Crippen LogP contribution in [-0.4, -0.2) is 46.8 Å². The highest BCUT2D eigenvalue weighted by Gasteiger charge is 2.23. The molecule has 5 nitrogen and oxygen atoms in total. The molecule has 0 aliphatic rings. The Morgan fingerprint density at radius 2 is 2.21 bits per heavy atom. The Hall–Kier alpha value is -1.62. The minimum Gasteiger partial charge on any atom is -0.395 e. The zero-order valence-corrected chi connectivity index (χ0v) is 11.6. The Bertz CT molecular complexity index is 382. The van der Waals surface area contributed by atoms with Crippen LogP contribution in [0.1, 0.15) is 20.3 Å². The summed E-state index contributed by atoms with van der Waals surface area (Å²) in [4.78, 5) is 19.9. The van der Waals surface area contributed by atoms with Crippen molar-refractivity contribution in [3.05, 3.63) is 31.5 Å². The first-order chi connectivity index (χ1) is 9.11. The van der Waals surface area contributed by atoms with Crippen LogP contribution in [0, 0.1) is 6.92 Å². The van der Waals surface area contributed by atoms with Crippen molar-refractivity contribution in [2.45, 2.75) is 26.3 Å². The van der Waals surface area contributed by atoms with Crippen LogP contribution in [0.15, 0.2) is 24.5 Å². The number of urea groups is 1. The van der Waals surface area contributed by atoms with E-state index in [-0.39, 0.29) is 18.7 Å². The second kappa shape index (κ2) is 7.74. The zero-order valence-electron chi connectivity index (χ0n) is 11.6. The van der Waals surface area contributed by atoms with Crippen LogP contribution < -0.4 is 4.90 Å². The van der Waals surface area contributed by atoms with E-state index < -0.39 is 0 Å². The first-order valence-corrected chi connectivity index (χ1v) is 6.50. The van der Waals surface area contributed by atoms with Gasteiger partial charge in [-0.05, 0) is 32.4 Å². The van der Waals surface area contributed by atoms with Gasteiger partial charge in [-0.15, -0.1) is 0 Å². The van der Waals surface area contributed by atoms with Crippen LogP contribution in [0.5, 0.6) is 0 Å². The molecule has 1 N–H and O–H groups in total. The summed E-state index contributed by atoms with van der Waals surface area (Å²) in [5, 5.41) is 9.08. The minimum absolute atomic E-state index is 0.0311. The van der Waals surface area contributed by atoms with Crippen molar-refractivity contribution < 1.29 is 9.90 Å². The van der Waals surface area contributed by atoms with Gasteiger partial charge in [-0.2, -0.15) is 0 Å². The molecular weight excluding hydrogens is 242 g/mol. The van der Waals surface area contributed by atoms with Gasteiger partial charge in [0.1, 0.15) is 0 Å². The van der Waals surface area contributed by atoms with Gasteiger partial charge in [0, 0.05) is 25.3 Å². The Balaban J connectivity index is 2.94. The van der Waals surface area contributed by atoms with E-state index in [1.165, 1.54) is 0 Å². The molecule has 0 aliphatic heterocycles. The Labute approximate surface area is 114 Å². The first-order valence-electron chi connectivity index (χ1n) is 6.50. The average Bonchev–Trinajstić information content (AvgIpc) is 2.42. The van der Waals surface area contributed by atoms with Crippen molar-refractivity contribution in [2.24, 2.45) is 0 Å². The van der Waals surface area contributed by atoms with Crippen LogP contribution in [0.3, 0.4) is 0 Å². The Kier molecular flexibility index (Phi) is 6.29. The number of carbonyl (C=O) groups is 1. The monoisotopic (exact) mass is 264 g/mol. The summed E-state index contributed by atoms with van der Waals surface area (Å²) in [6, 6.07) is 3.55. The molecule has 0 saturated carbocycles. The number of carbonyl (C=O) groups excluding carboxylic acids is 1. The molecule has 19 heavy (non-hydrogen) atoms. The number of aromatic nitrogens is 1. The molecule has 1 radical (unpaired) electrons. The Morgan fingerprint density at radius 1 is 1.47 bits per heavy atom. The van der Waals surface area contributed by atoms with Gasteiger partial charge in [-0.3, -0.25) is 9.88 Å². The van der Waals surface area contributed by atoms with Crippen molar-refractivity contribution in [3.8, 4) is 0 Å². The molecule has 0 saturated heterocycles. The zero-order chi connectivity index (χ0) is 14.3. The van der Waals surface area contributed by atoms with Crippen molar-refractivity contribution >= 4 is 11.7 Å². The van der Waals surface area contributed by atoms with E-state index >= 15 is 0 Å². The third-order valence-electron chi connectivity index (χ3n) is 2.78.